The molecule has 0 bridgehead atoms. The van der Waals surface area contributed by atoms with Gasteiger partial charge in [-0.3, -0.25) is 9.89 Å². The van der Waals surface area contributed by atoms with Crippen molar-refractivity contribution in [2.45, 2.75) is 52.2 Å². The predicted molar refractivity (Wildman–Crippen MR) is 136 cm³/mol. The molecule has 0 spiro atoms. The highest BCUT2D eigenvalue weighted by Crippen LogP contribution is 2.27. The largest absolute Gasteiger partial charge is 0.496 e. The van der Waals surface area contributed by atoms with E-state index in [-0.39, 0.29) is 30.0 Å². The molecular weight excluding hydrogens is 477 g/mol. The van der Waals surface area contributed by atoms with Crippen LogP contribution >= 0.6 is 24.0 Å². The van der Waals surface area contributed by atoms with Crippen LogP contribution in [-0.2, 0) is 0 Å². The molecule has 1 aromatic carbocycles. The normalized spacial score (nSPS) is 13.0. The number of hydrogen-bond donors (Lipinski definition) is 2. The Morgan fingerprint density at radius 3 is 2.21 bits per heavy atom. The Balaban J connectivity index is 0.00000784. The van der Waals surface area contributed by atoms with E-state index in [2.05, 4.69) is 79.3 Å². The van der Waals surface area contributed by atoms with E-state index in [0.717, 1.165) is 37.8 Å². The molecule has 29 heavy (non-hydrogen) atoms. The third kappa shape index (κ3) is 9.53. The fraction of sp³-hybridized carbons (Fsp3) is 0.682. The van der Waals surface area contributed by atoms with Crippen LogP contribution in [0.25, 0.3) is 0 Å². The topological polar surface area (TPSA) is 52.1 Å². The van der Waals surface area contributed by atoms with E-state index < -0.39 is 0 Å². The number of likely N-dealkylation sites (N-methyl/N-ethyl adjacent to an activating group) is 1. The number of rotatable bonds is 11. The fourth-order valence-electron chi connectivity index (χ4n) is 3.51. The maximum Gasteiger partial charge on any atom is 0.191 e. The van der Waals surface area contributed by atoms with Crippen LogP contribution in [0.15, 0.2) is 29.3 Å². The second kappa shape index (κ2) is 14.8. The summed E-state index contributed by atoms with van der Waals surface area (Å²) in [5.74, 6) is 1.75. The number of para-hydroxylation sites is 1. The van der Waals surface area contributed by atoms with Crippen LogP contribution in [-0.4, -0.2) is 75.7 Å². The van der Waals surface area contributed by atoms with Crippen LogP contribution in [0.5, 0.6) is 5.75 Å². The minimum atomic E-state index is 0. The molecular formula is C22H42IN5O. The Morgan fingerprint density at radius 1 is 1.07 bits per heavy atom. The van der Waals surface area contributed by atoms with E-state index in [0.29, 0.717) is 12.1 Å². The first-order valence-electron chi connectivity index (χ1n) is 10.3. The summed E-state index contributed by atoms with van der Waals surface area (Å²) < 4.78 is 5.54. The zero-order valence-corrected chi connectivity index (χ0v) is 21.9. The van der Waals surface area contributed by atoms with Crippen molar-refractivity contribution in [1.82, 2.24) is 20.4 Å². The summed E-state index contributed by atoms with van der Waals surface area (Å²) in [5.41, 5.74) is 1.17. The summed E-state index contributed by atoms with van der Waals surface area (Å²) in [5, 5.41) is 6.90. The van der Waals surface area contributed by atoms with Gasteiger partial charge >= 0.3 is 0 Å². The van der Waals surface area contributed by atoms with Crippen LogP contribution in [0.2, 0.25) is 0 Å². The zero-order chi connectivity index (χ0) is 21.1. The molecule has 1 unspecified atom stereocenters. The molecule has 0 aromatic heterocycles. The van der Waals surface area contributed by atoms with E-state index in [9.17, 15) is 0 Å². The molecule has 1 rings (SSSR count). The predicted octanol–water partition coefficient (Wildman–Crippen LogP) is 3.59. The van der Waals surface area contributed by atoms with Gasteiger partial charge in [-0.25, -0.2) is 0 Å². The number of halogens is 1. The molecule has 7 heteroatoms. The van der Waals surface area contributed by atoms with Crippen LogP contribution in [0, 0.1) is 0 Å². The van der Waals surface area contributed by atoms with Gasteiger partial charge in [-0.05, 0) is 54.3 Å². The Bertz CT molecular complexity index is 584. The number of methoxy groups -OCH3 is 1. The summed E-state index contributed by atoms with van der Waals surface area (Å²) in [7, 11) is 7.71. The standard InChI is InChI=1S/C22H41N5O.HI/c1-17(2)27(18(3)4)15-11-14-24-22(23-5)25-16-20(26(6)7)19-12-9-10-13-21(19)28-8;/h9-10,12-13,17-18,20H,11,14-16H2,1-8H3,(H2,23,24,25);1H. The van der Waals surface area contributed by atoms with Gasteiger partial charge in [0.15, 0.2) is 5.96 Å². The summed E-state index contributed by atoms with van der Waals surface area (Å²) in [6.07, 6.45) is 1.08. The van der Waals surface area contributed by atoms with Crippen molar-refractivity contribution in [3.8, 4) is 5.75 Å². The molecule has 0 aliphatic heterocycles. The number of benzene rings is 1. The van der Waals surface area contributed by atoms with Gasteiger partial charge in [0.1, 0.15) is 5.75 Å². The molecule has 0 aliphatic carbocycles. The molecule has 0 fully saturated rings. The van der Waals surface area contributed by atoms with Crippen molar-refractivity contribution in [1.29, 1.82) is 0 Å². The monoisotopic (exact) mass is 519 g/mol. The van der Waals surface area contributed by atoms with Gasteiger partial charge < -0.3 is 20.3 Å². The van der Waals surface area contributed by atoms with Gasteiger partial charge in [-0.2, -0.15) is 0 Å². The second-order valence-corrected chi connectivity index (χ2v) is 7.88. The van der Waals surface area contributed by atoms with Crippen LogP contribution in [0.1, 0.15) is 45.7 Å². The van der Waals surface area contributed by atoms with E-state index in [1.54, 1.807) is 7.11 Å². The lowest BCUT2D eigenvalue weighted by Crippen LogP contribution is -2.43. The molecule has 168 valence electrons. The maximum atomic E-state index is 5.54. The number of hydrogen-bond acceptors (Lipinski definition) is 4. The lowest BCUT2D eigenvalue weighted by molar-refractivity contribution is 0.173. The molecule has 0 radical (unpaired) electrons. The molecule has 0 saturated carbocycles. The molecule has 1 atom stereocenters. The van der Waals surface area contributed by atoms with Crippen molar-refractivity contribution in [2.75, 3.05) is 47.9 Å². The summed E-state index contributed by atoms with van der Waals surface area (Å²) in [4.78, 5) is 9.08. The van der Waals surface area contributed by atoms with Gasteiger partial charge in [0.2, 0.25) is 0 Å². The molecule has 0 saturated heterocycles. The number of nitrogens with one attached hydrogen (secondary N) is 2. The highest BCUT2D eigenvalue weighted by Gasteiger charge is 2.18. The Morgan fingerprint density at radius 2 is 1.69 bits per heavy atom. The average Bonchev–Trinajstić information content (AvgIpc) is 2.65. The lowest BCUT2D eigenvalue weighted by atomic mass is 10.0. The van der Waals surface area contributed by atoms with Crippen molar-refractivity contribution in [3.05, 3.63) is 29.8 Å². The Hall–Kier alpha value is -1.06. The zero-order valence-electron chi connectivity index (χ0n) is 19.5. The summed E-state index contributed by atoms with van der Waals surface area (Å²) in [6.45, 7) is 11.8. The fourth-order valence-corrected chi connectivity index (χ4v) is 3.51. The van der Waals surface area contributed by atoms with Gasteiger partial charge in [-0.15, -0.1) is 24.0 Å². The number of ether oxygens (including phenoxy) is 1. The van der Waals surface area contributed by atoms with Gasteiger partial charge in [-0.1, -0.05) is 18.2 Å². The van der Waals surface area contributed by atoms with Gasteiger partial charge in [0.25, 0.3) is 0 Å². The van der Waals surface area contributed by atoms with E-state index in [1.807, 2.05) is 19.2 Å². The average molecular weight is 520 g/mol. The van der Waals surface area contributed by atoms with Crippen LogP contribution in [0.4, 0.5) is 0 Å². The molecule has 0 aliphatic rings. The SMILES string of the molecule is CN=C(NCCCN(C(C)C)C(C)C)NCC(c1ccccc1OC)N(C)C.I. The smallest absolute Gasteiger partial charge is 0.191 e. The van der Waals surface area contributed by atoms with Crippen molar-refractivity contribution >= 4 is 29.9 Å². The van der Waals surface area contributed by atoms with Crippen molar-refractivity contribution in [2.24, 2.45) is 4.99 Å². The lowest BCUT2D eigenvalue weighted by Gasteiger charge is -2.30. The number of nitrogens with zero attached hydrogens (tertiary/aromatic N) is 3. The van der Waals surface area contributed by atoms with E-state index in [4.69, 9.17) is 4.74 Å². The highest BCUT2D eigenvalue weighted by molar-refractivity contribution is 14.0. The minimum absolute atomic E-state index is 0. The number of aliphatic imine (C=N–C) groups is 1. The third-order valence-electron chi connectivity index (χ3n) is 5.02. The molecule has 0 amide bonds. The van der Waals surface area contributed by atoms with Gasteiger partial charge in [0.05, 0.1) is 13.2 Å². The van der Waals surface area contributed by atoms with Crippen molar-refractivity contribution in [3.63, 3.8) is 0 Å². The Kier molecular flexibility index (Phi) is 14.3. The maximum absolute atomic E-state index is 5.54. The first-order valence-corrected chi connectivity index (χ1v) is 10.3. The quantitative estimate of drug-likeness (QED) is 0.203. The van der Waals surface area contributed by atoms with Crippen LogP contribution in [0.3, 0.4) is 0 Å². The first kappa shape index (κ1) is 27.9. The van der Waals surface area contributed by atoms with E-state index in [1.165, 1.54) is 5.56 Å². The van der Waals surface area contributed by atoms with Crippen molar-refractivity contribution < 1.29 is 4.74 Å². The third-order valence-corrected chi connectivity index (χ3v) is 5.02. The number of guanidine groups is 1. The summed E-state index contributed by atoms with van der Waals surface area (Å²) in [6, 6.07) is 9.50. The van der Waals surface area contributed by atoms with E-state index >= 15 is 0 Å². The van der Waals surface area contributed by atoms with Crippen LogP contribution < -0.4 is 15.4 Å². The second-order valence-electron chi connectivity index (χ2n) is 7.88. The molecule has 2 N–H and O–H groups in total. The summed E-state index contributed by atoms with van der Waals surface area (Å²) >= 11 is 0. The first-order chi connectivity index (χ1) is 13.3. The molecule has 1 aromatic rings. The molecule has 6 nitrogen and oxygen atoms in total. The van der Waals surface area contributed by atoms with Gasteiger partial charge in [0, 0.05) is 44.3 Å². The highest BCUT2D eigenvalue weighted by atomic mass is 127. The Labute approximate surface area is 195 Å². The minimum Gasteiger partial charge on any atom is -0.496 e. The molecule has 0 heterocycles.